The van der Waals surface area contributed by atoms with Crippen molar-refractivity contribution in [3.05, 3.63) is 39.8 Å². The van der Waals surface area contributed by atoms with Crippen LogP contribution >= 0.6 is 11.3 Å². The molecule has 0 spiro atoms. The molecular weight excluding hydrogens is 238 g/mol. The van der Waals surface area contributed by atoms with Gasteiger partial charge in [-0.25, -0.2) is 9.78 Å². The number of nitrogens with two attached hydrogens (primary N) is 1. The first-order valence-corrected chi connectivity index (χ1v) is 5.92. The third-order valence-electron chi connectivity index (χ3n) is 2.43. The van der Waals surface area contributed by atoms with Crippen molar-refractivity contribution in [3.63, 3.8) is 0 Å². The van der Waals surface area contributed by atoms with Crippen molar-refractivity contribution in [2.75, 3.05) is 0 Å². The average Bonchev–Trinajstić information content (AvgIpc) is 2.92. The first-order valence-electron chi connectivity index (χ1n) is 5.04. The summed E-state index contributed by atoms with van der Waals surface area (Å²) >= 11 is 1.52. The number of hydrogen-bond acceptors (Lipinski definition) is 5. The topological polar surface area (TPSA) is 84.9 Å². The van der Waals surface area contributed by atoms with Crippen molar-refractivity contribution in [2.24, 2.45) is 5.73 Å². The summed E-state index contributed by atoms with van der Waals surface area (Å²) in [6.45, 7) is 0.429. The maximum Gasteiger partial charge on any atom is 0.417 e. The number of aromatic amines is 1. The molecule has 2 heterocycles. The van der Waals surface area contributed by atoms with Crippen molar-refractivity contribution >= 4 is 22.4 Å². The Morgan fingerprint density at radius 3 is 3.12 bits per heavy atom. The number of hydrogen-bond donors (Lipinski definition) is 2. The highest BCUT2D eigenvalue weighted by Gasteiger charge is 2.07. The molecule has 0 aliphatic heterocycles. The molecule has 0 radical (unpaired) electrons. The minimum absolute atomic E-state index is 0.429. The lowest BCUT2D eigenvalue weighted by Gasteiger charge is -1.95. The number of benzene rings is 1. The molecule has 0 unspecified atom stereocenters. The third-order valence-corrected chi connectivity index (χ3v) is 3.37. The zero-order valence-electron chi connectivity index (χ0n) is 8.77. The first kappa shape index (κ1) is 10.2. The van der Waals surface area contributed by atoms with Gasteiger partial charge in [-0.1, -0.05) is 0 Å². The summed E-state index contributed by atoms with van der Waals surface area (Å²) in [6.07, 6.45) is 0. The Hall–Kier alpha value is -1.92. The van der Waals surface area contributed by atoms with Crippen LogP contribution in [0.2, 0.25) is 0 Å². The summed E-state index contributed by atoms with van der Waals surface area (Å²) in [7, 11) is 0. The standard InChI is InChI=1S/C11H9N3O2S/c12-4-7-5-17-10(13-7)6-1-2-8-9(3-6)16-11(15)14-8/h1-3,5H,4,12H2,(H,14,15). The van der Waals surface area contributed by atoms with Gasteiger partial charge >= 0.3 is 5.76 Å². The summed E-state index contributed by atoms with van der Waals surface area (Å²) < 4.78 is 5.00. The normalized spacial score (nSPS) is 11.1. The summed E-state index contributed by atoms with van der Waals surface area (Å²) in [6, 6.07) is 5.50. The van der Waals surface area contributed by atoms with Crippen LogP contribution in [0.4, 0.5) is 0 Å². The zero-order valence-corrected chi connectivity index (χ0v) is 9.58. The molecule has 5 nitrogen and oxygen atoms in total. The van der Waals surface area contributed by atoms with Crippen LogP contribution in [-0.2, 0) is 6.54 Å². The van der Waals surface area contributed by atoms with Gasteiger partial charge in [0.1, 0.15) is 5.01 Å². The monoisotopic (exact) mass is 247 g/mol. The molecule has 0 amide bonds. The Balaban J connectivity index is 2.13. The molecule has 86 valence electrons. The van der Waals surface area contributed by atoms with Gasteiger partial charge < -0.3 is 10.2 Å². The van der Waals surface area contributed by atoms with E-state index in [-0.39, 0.29) is 0 Å². The molecule has 0 fully saturated rings. The number of rotatable bonds is 2. The van der Waals surface area contributed by atoms with Crippen molar-refractivity contribution in [1.82, 2.24) is 9.97 Å². The smallest absolute Gasteiger partial charge is 0.408 e. The molecule has 6 heteroatoms. The van der Waals surface area contributed by atoms with Crippen LogP contribution in [0.5, 0.6) is 0 Å². The van der Waals surface area contributed by atoms with E-state index in [2.05, 4.69) is 9.97 Å². The van der Waals surface area contributed by atoms with Crippen LogP contribution in [0, 0.1) is 0 Å². The lowest BCUT2D eigenvalue weighted by Crippen LogP contribution is -1.95. The fourth-order valence-corrected chi connectivity index (χ4v) is 2.44. The molecule has 3 rings (SSSR count). The number of thiazole rings is 1. The Labute approximate surface area is 99.9 Å². The molecule has 2 aromatic heterocycles. The Morgan fingerprint density at radius 1 is 1.47 bits per heavy atom. The van der Waals surface area contributed by atoms with Crippen molar-refractivity contribution in [3.8, 4) is 10.6 Å². The predicted molar refractivity (Wildman–Crippen MR) is 65.8 cm³/mol. The lowest BCUT2D eigenvalue weighted by molar-refractivity contribution is 0.555. The first-order chi connectivity index (χ1) is 8.26. The van der Waals surface area contributed by atoms with E-state index in [0.29, 0.717) is 17.6 Å². The second kappa shape index (κ2) is 3.83. The fraction of sp³-hybridized carbons (Fsp3) is 0.0909. The molecule has 0 atom stereocenters. The van der Waals surface area contributed by atoms with Crippen LogP contribution in [-0.4, -0.2) is 9.97 Å². The highest BCUT2D eigenvalue weighted by molar-refractivity contribution is 7.13. The summed E-state index contributed by atoms with van der Waals surface area (Å²) in [5, 5.41) is 2.79. The van der Waals surface area contributed by atoms with E-state index in [9.17, 15) is 4.79 Å². The highest BCUT2D eigenvalue weighted by Crippen LogP contribution is 2.26. The number of nitrogens with zero attached hydrogens (tertiary/aromatic N) is 1. The zero-order chi connectivity index (χ0) is 11.8. The highest BCUT2D eigenvalue weighted by atomic mass is 32.1. The van der Waals surface area contributed by atoms with Gasteiger partial charge in [0.25, 0.3) is 0 Å². The van der Waals surface area contributed by atoms with E-state index >= 15 is 0 Å². The van der Waals surface area contributed by atoms with Crippen molar-refractivity contribution in [2.45, 2.75) is 6.54 Å². The predicted octanol–water partition coefficient (Wildman–Crippen LogP) is 1.70. The van der Waals surface area contributed by atoms with E-state index in [1.807, 2.05) is 11.4 Å². The van der Waals surface area contributed by atoms with Gasteiger partial charge in [-0.3, -0.25) is 4.98 Å². The molecule has 0 saturated heterocycles. The quantitative estimate of drug-likeness (QED) is 0.721. The van der Waals surface area contributed by atoms with E-state index in [1.165, 1.54) is 11.3 Å². The molecule has 0 aliphatic rings. The molecule has 1 aromatic carbocycles. The maximum atomic E-state index is 11.0. The van der Waals surface area contributed by atoms with Crippen molar-refractivity contribution in [1.29, 1.82) is 0 Å². The summed E-state index contributed by atoms with van der Waals surface area (Å²) in [5.74, 6) is -0.445. The van der Waals surface area contributed by atoms with Crippen LogP contribution in [0.15, 0.2) is 32.8 Å². The Bertz CT molecular complexity index is 725. The maximum absolute atomic E-state index is 11.0. The largest absolute Gasteiger partial charge is 0.417 e. The lowest BCUT2D eigenvalue weighted by atomic mass is 10.2. The fourth-order valence-electron chi connectivity index (χ4n) is 1.61. The molecule has 0 aliphatic carbocycles. The number of H-pyrrole nitrogens is 1. The second-order valence-corrected chi connectivity index (χ2v) is 4.43. The van der Waals surface area contributed by atoms with Gasteiger partial charge in [-0.05, 0) is 18.2 Å². The van der Waals surface area contributed by atoms with Gasteiger partial charge in [-0.15, -0.1) is 11.3 Å². The number of aromatic nitrogens is 2. The van der Waals surface area contributed by atoms with E-state index < -0.39 is 5.76 Å². The second-order valence-electron chi connectivity index (χ2n) is 3.57. The van der Waals surface area contributed by atoms with Gasteiger partial charge in [0.2, 0.25) is 0 Å². The Kier molecular flexibility index (Phi) is 2.31. The average molecular weight is 247 g/mol. The summed E-state index contributed by atoms with van der Waals surface area (Å²) in [5.41, 5.74) is 8.53. The Morgan fingerprint density at radius 2 is 2.35 bits per heavy atom. The van der Waals surface area contributed by atoms with Crippen LogP contribution in [0.25, 0.3) is 21.7 Å². The van der Waals surface area contributed by atoms with Gasteiger partial charge in [0.05, 0.1) is 11.2 Å². The molecule has 3 N–H and O–H groups in total. The third kappa shape index (κ3) is 1.77. The van der Waals surface area contributed by atoms with Gasteiger partial charge in [-0.2, -0.15) is 0 Å². The van der Waals surface area contributed by atoms with Crippen LogP contribution < -0.4 is 11.5 Å². The van der Waals surface area contributed by atoms with Crippen molar-refractivity contribution < 1.29 is 4.42 Å². The molecule has 0 bridgehead atoms. The molecule has 3 aromatic rings. The van der Waals surface area contributed by atoms with Crippen LogP contribution in [0.1, 0.15) is 5.69 Å². The van der Waals surface area contributed by atoms with E-state index in [1.54, 1.807) is 12.1 Å². The van der Waals surface area contributed by atoms with E-state index in [4.69, 9.17) is 10.2 Å². The minimum Gasteiger partial charge on any atom is -0.408 e. The number of oxazole rings is 1. The molecule has 0 saturated carbocycles. The van der Waals surface area contributed by atoms with Gasteiger partial charge in [0.15, 0.2) is 5.58 Å². The SMILES string of the molecule is NCc1csc(-c2ccc3[nH]c(=O)oc3c2)n1. The summed E-state index contributed by atoms with van der Waals surface area (Å²) in [4.78, 5) is 18.0. The van der Waals surface area contributed by atoms with Crippen LogP contribution in [0.3, 0.4) is 0 Å². The molecule has 17 heavy (non-hydrogen) atoms. The number of fused-ring (bicyclic) bond motifs is 1. The minimum atomic E-state index is -0.445. The molecular formula is C11H9N3O2S. The number of nitrogens with one attached hydrogen (secondary N) is 1. The van der Waals surface area contributed by atoms with E-state index in [0.717, 1.165) is 16.3 Å². The van der Waals surface area contributed by atoms with Gasteiger partial charge in [0, 0.05) is 17.5 Å².